The zero-order chi connectivity index (χ0) is 21.6. The van der Waals surface area contributed by atoms with Crippen molar-refractivity contribution in [1.29, 1.82) is 0 Å². The summed E-state index contributed by atoms with van der Waals surface area (Å²) < 4.78 is 41.8. The van der Waals surface area contributed by atoms with Crippen LogP contribution in [0.3, 0.4) is 0 Å². The molecule has 1 fully saturated rings. The van der Waals surface area contributed by atoms with Gasteiger partial charge in [-0.2, -0.15) is 13.2 Å². The van der Waals surface area contributed by atoms with E-state index in [-0.39, 0.29) is 6.61 Å². The van der Waals surface area contributed by atoms with Gasteiger partial charge in [0.2, 0.25) is 0 Å². The molecule has 164 valence electrons. The van der Waals surface area contributed by atoms with Gasteiger partial charge in [0.1, 0.15) is 5.75 Å². The molecule has 0 spiro atoms. The van der Waals surface area contributed by atoms with Gasteiger partial charge in [-0.1, -0.05) is 74.8 Å². The zero-order valence-electron chi connectivity index (χ0n) is 18.0. The van der Waals surface area contributed by atoms with E-state index in [1.807, 2.05) is 12.1 Å². The largest absolute Gasteiger partial charge is 0.493 e. The molecule has 2 aromatic carbocycles. The number of halogens is 3. The van der Waals surface area contributed by atoms with Crippen LogP contribution in [-0.2, 0) is 0 Å². The molecule has 1 aliphatic rings. The summed E-state index contributed by atoms with van der Waals surface area (Å²) in [6, 6.07) is 20.6. The molecule has 1 heterocycles. The molecule has 0 radical (unpaired) electrons. The molecular formula is C25H33F3OSi. The predicted molar refractivity (Wildman–Crippen MR) is 121 cm³/mol. The summed E-state index contributed by atoms with van der Waals surface area (Å²) in [7, 11) is -0.501. The minimum atomic E-state index is -4.18. The standard InChI is InChI=1S/C25H33F3OSi/c1-19(2)11-16-30-17-12-23(13-18-30)21-5-3-20(4-6-21)22-7-9-24(10-8-22)29-15-14-25(26,27)28/h3-10,19,23,30H,11-18H2,1-2H3/t23-,30-. The van der Waals surface area contributed by atoms with E-state index in [2.05, 4.69) is 38.1 Å². The Balaban J connectivity index is 1.51. The van der Waals surface area contributed by atoms with Crippen molar-refractivity contribution in [2.75, 3.05) is 6.61 Å². The van der Waals surface area contributed by atoms with E-state index in [0.29, 0.717) is 11.7 Å². The first-order valence-electron chi connectivity index (χ1n) is 11.2. The highest BCUT2D eigenvalue weighted by Gasteiger charge is 2.27. The SMILES string of the molecule is CC(C)CC[Si@H]1CC[C@H](c2ccc(-c3ccc(OCCC(F)(F)F)cc3)cc2)CC1. The molecule has 0 amide bonds. The summed E-state index contributed by atoms with van der Waals surface area (Å²) in [5.41, 5.74) is 3.62. The van der Waals surface area contributed by atoms with Gasteiger partial charge >= 0.3 is 6.18 Å². The number of hydrogen-bond donors (Lipinski definition) is 0. The summed E-state index contributed by atoms with van der Waals surface area (Å²) in [5.74, 6) is 2.01. The van der Waals surface area contributed by atoms with Gasteiger partial charge < -0.3 is 4.74 Å². The lowest BCUT2D eigenvalue weighted by Gasteiger charge is -2.28. The molecule has 2 aromatic rings. The van der Waals surface area contributed by atoms with E-state index in [4.69, 9.17) is 4.74 Å². The maximum atomic E-state index is 12.2. The van der Waals surface area contributed by atoms with Crippen LogP contribution in [0.15, 0.2) is 48.5 Å². The maximum Gasteiger partial charge on any atom is 0.392 e. The molecule has 3 rings (SSSR count). The van der Waals surface area contributed by atoms with Crippen LogP contribution in [0, 0.1) is 5.92 Å². The fraction of sp³-hybridized carbons (Fsp3) is 0.520. The minimum Gasteiger partial charge on any atom is -0.493 e. The van der Waals surface area contributed by atoms with E-state index in [1.54, 1.807) is 12.1 Å². The second-order valence-electron chi connectivity index (χ2n) is 9.05. The van der Waals surface area contributed by atoms with E-state index in [1.165, 1.54) is 43.0 Å². The topological polar surface area (TPSA) is 9.23 Å². The van der Waals surface area contributed by atoms with Crippen molar-refractivity contribution < 1.29 is 17.9 Å². The summed E-state index contributed by atoms with van der Waals surface area (Å²) in [4.78, 5) is 0. The lowest BCUT2D eigenvalue weighted by atomic mass is 9.92. The Kier molecular flexibility index (Phi) is 8.04. The Bertz CT molecular complexity index is 760. The van der Waals surface area contributed by atoms with E-state index in [0.717, 1.165) is 17.0 Å². The number of rotatable bonds is 8. The predicted octanol–water partition coefficient (Wildman–Crippen LogP) is 7.84. The Labute approximate surface area is 180 Å². The Morgan fingerprint density at radius 1 is 0.933 bits per heavy atom. The van der Waals surface area contributed by atoms with Gasteiger partial charge in [-0.25, -0.2) is 0 Å². The second kappa shape index (κ2) is 10.5. The van der Waals surface area contributed by atoms with Crippen molar-refractivity contribution in [2.45, 2.75) is 69.8 Å². The third-order valence-electron chi connectivity index (χ3n) is 6.22. The van der Waals surface area contributed by atoms with Crippen LogP contribution in [0.2, 0.25) is 18.1 Å². The third-order valence-corrected chi connectivity index (χ3v) is 9.67. The third kappa shape index (κ3) is 7.19. The van der Waals surface area contributed by atoms with Crippen molar-refractivity contribution in [1.82, 2.24) is 0 Å². The van der Waals surface area contributed by atoms with Gasteiger partial charge in [0.25, 0.3) is 0 Å². The Hall–Kier alpha value is -1.75. The average Bonchev–Trinajstić information content (AvgIpc) is 2.72. The zero-order valence-corrected chi connectivity index (χ0v) is 19.2. The fourth-order valence-corrected chi connectivity index (χ4v) is 8.08. The maximum absolute atomic E-state index is 12.2. The molecule has 1 saturated heterocycles. The lowest BCUT2D eigenvalue weighted by molar-refractivity contribution is -0.139. The summed E-state index contributed by atoms with van der Waals surface area (Å²) in [6.45, 7) is 4.31. The fourth-order valence-electron chi connectivity index (χ4n) is 4.33. The lowest BCUT2D eigenvalue weighted by Crippen LogP contribution is -2.20. The van der Waals surface area contributed by atoms with Crippen molar-refractivity contribution in [3.05, 3.63) is 54.1 Å². The quantitative estimate of drug-likeness (QED) is 0.385. The summed E-state index contributed by atoms with van der Waals surface area (Å²) in [6.07, 6.45) is -1.02. The Morgan fingerprint density at radius 3 is 2.03 bits per heavy atom. The number of benzene rings is 2. The first-order chi connectivity index (χ1) is 14.3. The van der Waals surface area contributed by atoms with Crippen molar-refractivity contribution >= 4 is 8.80 Å². The molecular weight excluding hydrogens is 401 g/mol. The van der Waals surface area contributed by atoms with Crippen molar-refractivity contribution in [3.8, 4) is 16.9 Å². The van der Waals surface area contributed by atoms with E-state index < -0.39 is 21.4 Å². The summed E-state index contributed by atoms with van der Waals surface area (Å²) in [5, 5.41) is 0. The van der Waals surface area contributed by atoms with Gasteiger partial charge in [0, 0.05) is 8.80 Å². The molecule has 1 aliphatic heterocycles. The van der Waals surface area contributed by atoms with Crippen LogP contribution in [0.25, 0.3) is 11.1 Å². The highest BCUT2D eigenvalue weighted by Crippen LogP contribution is 2.36. The number of hydrogen-bond acceptors (Lipinski definition) is 1. The molecule has 30 heavy (non-hydrogen) atoms. The highest BCUT2D eigenvalue weighted by atomic mass is 28.3. The van der Waals surface area contributed by atoms with Crippen LogP contribution in [0.4, 0.5) is 13.2 Å². The van der Waals surface area contributed by atoms with Crippen LogP contribution in [0.1, 0.15) is 51.0 Å². The molecule has 1 nitrogen and oxygen atoms in total. The monoisotopic (exact) mass is 434 g/mol. The molecule has 0 bridgehead atoms. The van der Waals surface area contributed by atoms with Crippen LogP contribution in [-0.4, -0.2) is 21.6 Å². The molecule has 5 heteroatoms. The molecule has 0 aromatic heterocycles. The summed E-state index contributed by atoms with van der Waals surface area (Å²) >= 11 is 0. The van der Waals surface area contributed by atoms with Crippen LogP contribution < -0.4 is 4.74 Å². The van der Waals surface area contributed by atoms with Gasteiger partial charge in [-0.3, -0.25) is 0 Å². The first kappa shape index (κ1) is 22.9. The molecule has 0 saturated carbocycles. The number of ether oxygens (including phenoxy) is 1. The highest BCUT2D eigenvalue weighted by molar-refractivity contribution is 6.59. The molecule has 0 unspecified atom stereocenters. The van der Waals surface area contributed by atoms with Gasteiger partial charge in [0.15, 0.2) is 0 Å². The van der Waals surface area contributed by atoms with Crippen LogP contribution >= 0.6 is 0 Å². The van der Waals surface area contributed by atoms with Crippen LogP contribution in [0.5, 0.6) is 5.75 Å². The smallest absolute Gasteiger partial charge is 0.392 e. The van der Waals surface area contributed by atoms with Crippen molar-refractivity contribution in [2.24, 2.45) is 5.92 Å². The normalized spacial score (nSPS) is 19.8. The number of alkyl halides is 3. The van der Waals surface area contributed by atoms with E-state index >= 15 is 0 Å². The van der Waals surface area contributed by atoms with Gasteiger partial charge in [-0.05, 0) is 53.5 Å². The Morgan fingerprint density at radius 2 is 1.50 bits per heavy atom. The van der Waals surface area contributed by atoms with Gasteiger partial charge in [0.05, 0.1) is 13.0 Å². The van der Waals surface area contributed by atoms with Gasteiger partial charge in [-0.15, -0.1) is 0 Å². The molecule has 0 aliphatic carbocycles. The minimum absolute atomic E-state index is 0.347. The van der Waals surface area contributed by atoms with Crippen molar-refractivity contribution in [3.63, 3.8) is 0 Å². The molecule has 0 atom stereocenters. The second-order valence-corrected chi connectivity index (χ2v) is 12.5. The van der Waals surface area contributed by atoms with E-state index in [9.17, 15) is 13.2 Å². The first-order valence-corrected chi connectivity index (χ1v) is 13.6. The average molecular weight is 435 g/mol. The molecule has 0 N–H and O–H groups in total.